The van der Waals surface area contributed by atoms with Gasteiger partial charge in [-0.05, 0) is 87.4 Å². The first-order chi connectivity index (χ1) is 18.8. The van der Waals surface area contributed by atoms with Gasteiger partial charge in [-0.25, -0.2) is 24.1 Å². The molecule has 3 heterocycles. The van der Waals surface area contributed by atoms with E-state index in [2.05, 4.69) is 4.98 Å². The minimum Gasteiger partial charge on any atom is -0.443 e. The van der Waals surface area contributed by atoms with Gasteiger partial charge in [0.25, 0.3) is 0 Å². The highest BCUT2D eigenvalue weighted by Crippen LogP contribution is 2.38. The average molecular weight is 567 g/mol. The predicted octanol–water partition coefficient (Wildman–Crippen LogP) is 5.57. The van der Waals surface area contributed by atoms with Crippen molar-refractivity contribution in [2.45, 2.75) is 98.1 Å². The van der Waals surface area contributed by atoms with E-state index in [1.165, 1.54) is 18.3 Å². The van der Waals surface area contributed by atoms with Crippen LogP contribution >= 0.6 is 0 Å². The number of nitrogens with zero attached hydrogens (tertiary/aromatic N) is 3. The molecule has 11 heteroatoms. The smallest absolute Gasteiger partial charge is 0.443 e. The van der Waals surface area contributed by atoms with Crippen molar-refractivity contribution >= 4 is 35.4 Å². The number of carbonyl (C=O) groups is 1. The lowest BCUT2D eigenvalue weighted by molar-refractivity contribution is -0.163. The maximum atomic E-state index is 14.1. The molecule has 0 aliphatic carbocycles. The number of hydrogen-bond acceptors (Lipinski definition) is 8. The second-order valence-corrected chi connectivity index (χ2v) is 13.1. The van der Waals surface area contributed by atoms with Gasteiger partial charge in [-0.3, -0.25) is 0 Å². The van der Waals surface area contributed by atoms with Crippen LogP contribution in [0.3, 0.4) is 0 Å². The summed E-state index contributed by atoms with van der Waals surface area (Å²) in [5, 5.41) is 11.8. The molecule has 1 aromatic carbocycles. The van der Waals surface area contributed by atoms with Crippen LogP contribution in [0.1, 0.15) is 69.2 Å². The number of halogens is 1. The van der Waals surface area contributed by atoms with E-state index < -0.39 is 47.8 Å². The minimum atomic E-state index is -1.76. The lowest BCUT2D eigenvalue weighted by Gasteiger charge is -2.33. The molecule has 1 fully saturated rings. The molecule has 1 amide bonds. The van der Waals surface area contributed by atoms with E-state index in [1.807, 2.05) is 27.7 Å². The van der Waals surface area contributed by atoms with Crippen LogP contribution in [0.2, 0.25) is 0 Å². The topological polar surface area (TPSA) is 103 Å². The first-order valence-corrected chi connectivity index (χ1v) is 13.6. The van der Waals surface area contributed by atoms with Crippen LogP contribution in [-0.4, -0.2) is 57.1 Å². The van der Waals surface area contributed by atoms with Gasteiger partial charge in [0.15, 0.2) is 5.82 Å². The number of amides is 1. The second-order valence-electron chi connectivity index (χ2n) is 13.1. The van der Waals surface area contributed by atoms with E-state index in [0.29, 0.717) is 22.1 Å². The van der Waals surface area contributed by atoms with Crippen molar-refractivity contribution in [3.05, 3.63) is 48.4 Å². The third-order valence-electron chi connectivity index (χ3n) is 6.87. The Kier molecular flexibility index (Phi) is 7.98. The Balaban J connectivity index is 1.96. The normalized spacial score (nSPS) is 17.5. The molecule has 1 N–H and O–H groups in total. The third-order valence-corrected chi connectivity index (χ3v) is 6.87. The van der Waals surface area contributed by atoms with Crippen molar-refractivity contribution in [1.29, 1.82) is 0 Å². The predicted molar refractivity (Wildman–Crippen MR) is 156 cm³/mol. The van der Waals surface area contributed by atoms with Gasteiger partial charge >= 0.3 is 13.2 Å². The van der Waals surface area contributed by atoms with Gasteiger partial charge in [-0.1, -0.05) is 18.2 Å². The Morgan fingerprint density at radius 2 is 1.66 bits per heavy atom. The summed E-state index contributed by atoms with van der Waals surface area (Å²) >= 11 is 0. The molecule has 0 radical (unpaired) electrons. The van der Waals surface area contributed by atoms with Crippen molar-refractivity contribution in [3.8, 4) is 11.3 Å². The zero-order valence-electron chi connectivity index (χ0n) is 25.4. The van der Waals surface area contributed by atoms with Crippen LogP contribution in [0.5, 0.6) is 0 Å². The Morgan fingerprint density at radius 3 is 2.22 bits per heavy atom. The van der Waals surface area contributed by atoms with E-state index in [4.69, 9.17) is 23.8 Å². The lowest BCUT2D eigenvalue weighted by atomic mass is 9.77. The number of rotatable bonds is 5. The Hall–Kier alpha value is -3.12. The van der Waals surface area contributed by atoms with E-state index in [1.54, 1.807) is 65.8 Å². The first-order valence-electron chi connectivity index (χ1n) is 13.6. The van der Waals surface area contributed by atoms with Crippen LogP contribution in [0.15, 0.2) is 42.6 Å². The summed E-state index contributed by atoms with van der Waals surface area (Å²) in [4.78, 5) is 23.9. The van der Waals surface area contributed by atoms with E-state index in [0.717, 1.165) is 4.90 Å². The van der Waals surface area contributed by atoms with Crippen LogP contribution in [0, 0.1) is 5.82 Å². The number of ether oxygens (including phenoxy) is 2. The third kappa shape index (κ3) is 6.69. The summed E-state index contributed by atoms with van der Waals surface area (Å²) in [6, 6.07) is 9.56. The highest BCUT2D eigenvalue weighted by molar-refractivity contribution is 6.65. The highest BCUT2D eigenvalue weighted by atomic mass is 19.1. The zero-order valence-corrected chi connectivity index (χ0v) is 25.4. The quantitative estimate of drug-likeness (QED) is 0.316. The summed E-state index contributed by atoms with van der Waals surface area (Å²) in [5.41, 5.74) is -1.16. The van der Waals surface area contributed by atoms with E-state index >= 15 is 0 Å². The van der Waals surface area contributed by atoms with Gasteiger partial charge in [0, 0.05) is 22.6 Å². The van der Waals surface area contributed by atoms with Crippen LogP contribution in [0.25, 0.3) is 22.2 Å². The molecule has 1 atom stereocenters. The number of carbonyl (C=O) groups excluding carboxylic acids is 1. The summed E-state index contributed by atoms with van der Waals surface area (Å²) in [5.74, 6) is -0.428. The molecule has 1 aliphatic rings. The highest BCUT2D eigenvalue weighted by Gasteiger charge is 2.52. The summed E-state index contributed by atoms with van der Waals surface area (Å²) in [6.07, 6.45) is -1.11. The van der Waals surface area contributed by atoms with E-state index in [9.17, 15) is 14.3 Å². The molecule has 41 heavy (non-hydrogen) atoms. The summed E-state index contributed by atoms with van der Waals surface area (Å²) in [6.45, 7) is 18.2. The van der Waals surface area contributed by atoms with Gasteiger partial charge in [0.2, 0.25) is 6.41 Å². The van der Waals surface area contributed by atoms with Crippen LogP contribution < -0.4 is 10.4 Å². The van der Waals surface area contributed by atoms with Crippen molar-refractivity contribution < 1.29 is 33.1 Å². The molecule has 4 rings (SSSR count). The number of fused-ring (bicyclic) bond motifs is 1. The van der Waals surface area contributed by atoms with Crippen LogP contribution in [-0.2, 0) is 18.8 Å². The molecular formula is C30H39BFN3O6. The van der Waals surface area contributed by atoms with Crippen molar-refractivity contribution in [1.82, 2.24) is 9.97 Å². The van der Waals surface area contributed by atoms with E-state index in [-0.39, 0.29) is 11.3 Å². The maximum absolute atomic E-state index is 14.1. The molecule has 1 unspecified atom stereocenters. The molecule has 220 valence electrons. The fraction of sp³-hybridized carbons (Fsp3) is 0.500. The number of benzene rings is 1. The van der Waals surface area contributed by atoms with Crippen molar-refractivity contribution in [2.24, 2.45) is 0 Å². The molecule has 3 aromatic rings. The van der Waals surface area contributed by atoms with Gasteiger partial charge < -0.3 is 23.9 Å². The lowest BCUT2D eigenvalue weighted by Crippen LogP contribution is -2.48. The van der Waals surface area contributed by atoms with Gasteiger partial charge in [-0.2, -0.15) is 0 Å². The number of aromatic nitrogens is 2. The number of hydrogen-bond donors (Lipinski definition) is 1. The molecule has 0 saturated carbocycles. The van der Waals surface area contributed by atoms with Crippen LogP contribution in [0.4, 0.5) is 15.0 Å². The Bertz CT molecular complexity index is 1430. The standard InChI is InChI=1S/C30H39BFN3O6/c1-27(2,3)38-25(36)35(26(37)39-28(4,5)6)24-23-20(14-15-22(34-23)18-12-11-13-19(32)16-18)21(17-33-24)31-40-29(7,8)30(9,10)41-31/h11-17,25,36H,1-10H3. The van der Waals surface area contributed by atoms with Gasteiger partial charge in [-0.15, -0.1) is 0 Å². The average Bonchev–Trinajstić information content (AvgIpc) is 3.03. The number of aliphatic hydroxyl groups excluding tert-OH is 1. The Morgan fingerprint density at radius 1 is 1.02 bits per heavy atom. The molecule has 1 saturated heterocycles. The minimum absolute atomic E-state index is 0.00970. The van der Waals surface area contributed by atoms with Gasteiger partial charge in [0.1, 0.15) is 16.9 Å². The number of anilines is 1. The second kappa shape index (κ2) is 10.6. The SMILES string of the molecule is CC(C)(C)OC(=O)N(c1ncc(B2OC(C)(C)C(C)(C)O2)c2ccc(-c3cccc(F)c3)nc12)C(O)OC(C)(C)C. The molecule has 0 bridgehead atoms. The summed E-state index contributed by atoms with van der Waals surface area (Å²) < 4.78 is 38.1. The fourth-order valence-corrected chi connectivity index (χ4v) is 4.23. The number of aliphatic hydroxyl groups is 1. The summed E-state index contributed by atoms with van der Waals surface area (Å²) in [7, 11) is -0.781. The Labute approximate surface area is 241 Å². The van der Waals surface area contributed by atoms with Gasteiger partial charge in [0.05, 0.1) is 22.5 Å². The fourth-order valence-electron chi connectivity index (χ4n) is 4.23. The molecule has 9 nitrogen and oxygen atoms in total. The molecule has 2 aromatic heterocycles. The number of pyridine rings is 2. The molecule has 1 aliphatic heterocycles. The van der Waals surface area contributed by atoms with Crippen molar-refractivity contribution in [3.63, 3.8) is 0 Å². The molecular weight excluding hydrogens is 528 g/mol. The first kappa shape index (κ1) is 30.8. The monoisotopic (exact) mass is 567 g/mol. The van der Waals surface area contributed by atoms with Crippen molar-refractivity contribution in [2.75, 3.05) is 4.90 Å². The zero-order chi connectivity index (χ0) is 30.5. The maximum Gasteiger partial charge on any atom is 0.497 e. The molecule has 0 spiro atoms. The largest absolute Gasteiger partial charge is 0.497 e.